The molecule has 1 amide bonds. The van der Waals surface area contributed by atoms with Gasteiger partial charge in [-0.05, 0) is 51.0 Å². The van der Waals surface area contributed by atoms with Crippen molar-refractivity contribution in [3.05, 3.63) is 35.1 Å². The van der Waals surface area contributed by atoms with Gasteiger partial charge >= 0.3 is 0 Å². The summed E-state index contributed by atoms with van der Waals surface area (Å²) in [5, 5.41) is 0. The van der Waals surface area contributed by atoms with E-state index in [-0.39, 0.29) is 23.3 Å². The molecule has 0 aromatic heterocycles. The van der Waals surface area contributed by atoms with Gasteiger partial charge in [0.2, 0.25) is 0 Å². The number of aryl methyl sites for hydroxylation is 1. The summed E-state index contributed by atoms with van der Waals surface area (Å²) >= 11 is 0. The Morgan fingerprint density at radius 1 is 1.50 bits per heavy atom. The third kappa shape index (κ3) is 2.25. The van der Waals surface area contributed by atoms with Crippen molar-refractivity contribution in [3.63, 3.8) is 0 Å². The number of likely N-dealkylation sites (tertiary alicyclic amines) is 1. The van der Waals surface area contributed by atoms with Crippen molar-refractivity contribution in [2.75, 3.05) is 6.54 Å². The van der Waals surface area contributed by atoms with Gasteiger partial charge in [0, 0.05) is 23.7 Å². The van der Waals surface area contributed by atoms with Gasteiger partial charge in [-0.1, -0.05) is 0 Å². The largest absolute Gasteiger partial charge is 0.332 e. The summed E-state index contributed by atoms with van der Waals surface area (Å²) in [6.45, 7) is 6.23. The molecule has 1 aromatic carbocycles. The third-order valence-corrected chi connectivity index (χ3v) is 3.56. The molecule has 1 aromatic rings. The molecule has 3 nitrogen and oxygen atoms in total. The van der Waals surface area contributed by atoms with Crippen molar-refractivity contribution in [3.8, 4) is 0 Å². The molecule has 0 bridgehead atoms. The summed E-state index contributed by atoms with van der Waals surface area (Å²) < 4.78 is 13.2. The second kappa shape index (κ2) is 4.35. The van der Waals surface area contributed by atoms with Crippen molar-refractivity contribution >= 4 is 5.91 Å². The first-order chi connectivity index (χ1) is 8.31. The molecular formula is C14H19FN2O. The molecule has 0 aliphatic carbocycles. The highest BCUT2D eigenvalue weighted by molar-refractivity contribution is 5.95. The van der Waals surface area contributed by atoms with Gasteiger partial charge in [0.1, 0.15) is 5.82 Å². The standard InChI is InChI=1S/C14H19FN2O/c1-9-6-10(4-5-12(9)15)13(18)17-8-11(16)7-14(17,2)3/h4-6,11H,7-8,16H2,1-3H3. The third-order valence-electron chi connectivity index (χ3n) is 3.56. The SMILES string of the molecule is Cc1cc(C(=O)N2CC(N)CC2(C)C)ccc1F. The second-order valence-corrected chi connectivity index (χ2v) is 5.66. The zero-order valence-electron chi connectivity index (χ0n) is 11.0. The Labute approximate surface area is 107 Å². The van der Waals surface area contributed by atoms with Crippen LogP contribution in [0.25, 0.3) is 0 Å². The van der Waals surface area contributed by atoms with Crippen molar-refractivity contribution < 1.29 is 9.18 Å². The fourth-order valence-electron chi connectivity index (χ4n) is 2.59. The van der Waals surface area contributed by atoms with Crippen LogP contribution in [0.15, 0.2) is 18.2 Å². The van der Waals surface area contributed by atoms with Crippen LogP contribution in [0.2, 0.25) is 0 Å². The number of carbonyl (C=O) groups excluding carboxylic acids is 1. The van der Waals surface area contributed by atoms with Crippen molar-refractivity contribution in [1.29, 1.82) is 0 Å². The van der Waals surface area contributed by atoms with Crippen LogP contribution in [0.4, 0.5) is 4.39 Å². The highest BCUT2D eigenvalue weighted by Crippen LogP contribution is 2.29. The predicted octanol–water partition coefficient (Wildman–Crippen LogP) is 2.09. The fourth-order valence-corrected chi connectivity index (χ4v) is 2.59. The van der Waals surface area contributed by atoms with Crippen LogP contribution in [0.1, 0.15) is 36.2 Å². The van der Waals surface area contributed by atoms with Gasteiger partial charge in [-0.15, -0.1) is 0 Å². The maximum atomic E-state index is 13.2. The summed E-state index contributed by atoms with van der Waals surface area (Å²) in [6, 6.07) is 4.48. The Hall–Kier alpha value is -1.42. The molecule has 1 unspecified atom stereocenters. The van der Waals surface area contributed by atoms with Crippen LogP contribution in [-0.4, -0.2) is 28.9 Å². The summed E-state index contributed by atoms with van der Waals surface area (Å²) in [6.07, 6.45) is 0.791. The number of nitrogens with two attached hydrogens (primary N) is 1. The number of rotatable bonds is 1. The van der Waals surface area contributed by atoms with Gasteiger partial charge in [-0.25, -0.2) is 4.39 Å². The molecular weight excluding hydrogens is 231 g/mol. The monoisotopic (exact) mass is 250 g/mol. The summed E-state index contributed by atoms with van der Waals surface area (Å²) in [7, 11) is 0. The van der Waals surface area contributed by atoms with Crippen LogP contribution < -0.4 is 5.73 Å². The molecule has 0 saturated carbocycles. The lowest BCUT2D eigenvalue weighted by Crippen LogP contribution is -2.42. The molecule has 2 rings (SSSR count). The van der Waals surface area contributed by atoms with E-state index in [9.17, 15) is 9.18 Å². The van der Waals surface area contributed by atoms with Gasteiger partial charge in [-0.2, -0.15) is 0 Å². The Bertz CT molecular complexity index is 485. The van der Waals surface area contributed by atoms with E-state index in [2.05, 4.69) is 0 Å². The van der Waals surface area contributed by atoms with Gasteiger partial charge in [0.15, 0.2) is 0 Å². The molecule has 98 valence electrons. The quantitative estimate of drug-likeness (QED) is 0.829. The Morgan fingerprint density at radius 2 is 2.17 bits per heavy atom. The molecule has 2 N–H and O–H groups in total. The number of benzene rings is 1. The molecule has 1 aliphatic rings. The molecule has 1 heterocycles. The lowest BCUT2D eigenvalue weighted by molar-refractivity contribution is 0.0651. The topological polar surface area (TPSA) is 46.3 Å². The van der Waals surface area contributed by atoms with Crippen LogP contribution in [0.5, 0.6) is 0 Å². The Balaban J connectivity index is 2.29. The van der Waals surface area contributed by atoms with Crippen molar-refractivity contribution in [2.45, 2.75) is 38.8 Å². The lowest BCUT2D eigenvalue weighted by atomic mass is 9.99. The Kier molecular flexibility index (Phi) is 3.15. The maximum absolute atomic E-state index is 13.2. The zero-order valence-corrected chi connectivity index (χ0v) is 11.0. The van der Waals surface area contributed by atoms with E-state index in [1.807, 2.05) is 13.8 Å². The van der Waals surface area contributed by atoms with Gasteiger partial charge < -0.3 is 10.6 Å². The van der Waals surface area contributed by atoms with Crippen molar-refractivity contribution in [2.24, 2.45) is 5.73 Å². The minimum absolute atomic E-state index is 0.0190. The summed E-state index contributed by atoms with van der Waals surface area (Å²) in [5.74, 6) is -0.361. The van der Waals surface area contributed by atoms with E-state index < -0.39 is 0 Å². The normalized spacial score (nSPS) is 22.3. The van der Waals surface area contributed by atoms with E-state index in [0.717, 1.165) is 6.42 Å². The number of nitrogens with zero attached hydrogens (tertiary/aromatic N) is 1. The first-order valence-electron chi connectivity index (χ1n) is 6.15. The molecule has 18 heavy (non-hydrogen) atoms. The minimum atomic E-state index is -0.288. The fraction of sp³-hybridized carbons (Fsp3) is 0.500. The first-order valence-corrected chi connectivity index (χ1v) is 6.15. The zero-order chi connectivity index (χ0) is 13.5. The van der Waals surface area contributed by atoms with Gasteiger partial charge in [0.05, 0.1) is 0 Å². The number of halogens is 1. The first kappa shape index (κ1) is 13.0. The van der Waals surface area contributed by atoms with Crippen LogP contribution in [0.3, 0.4) is 0 Å². The lowest BCUT2D eigenvalue weighted by Gasteiger charge is -2.31. The number of hydrogen-bond acceptors (Lipinski definition) is 2. The number of amides is 1. The minimum Gasteiger partial charge on any atom is -0.332 e. The Morgan fingerprint density at radius 3 is 2.67 bits per heavy atom. The molecule has 1 fully saturated rings. The molecule has 0 radical (unpaired) electrons. The highest BCUT2D eigenvalue weighted by Gasteiger charge is 2.39. The van der Waals surface area contributed by atoms with Crippen LogP contribution in [0, 0.1) is 12.7 Å². The summed E-state index contributed by atoms with van der Waals surface area (Å²) in [4.78, 5) is 14.2. The molecule has 1 saturated heterocycles. The van der Waals surface area contributed by atoms with E-state index in [4.69, 9.17) is 5.73 Å². The van der Waals surface area contributed by atoms with Crippen LogP contribution in [-0.2, 0) is 0 Å². The van der Waals surface area contributed by atoms with Crippen LogP contribution >= 0.6 is 0 Å². The predicted molar refractivity (Wildman–Crippen MR) is 68.8 cm³/mol. The highest BCUT2D eigenvalue weighted by atomic mass is 19.1. The van der Waals surface area contributed by atoms with Gasteiger partial charge in [-0.3, -0.25) is 4.79 Å². The van der Waals surface area contributed by atoms with E-state index in [1.54, 1.807) is 17.9 Å². The molecule has 0 spiro atoms. The van der Waals surface area contributed by atoms with Crippen molar-refractivity contribution in [1.82, 2.24) is 4.90 Å². The summed E-state index contributed by atoms with van der Waals surface area (Å²) in [5.41, 5.74) is 6.69. The number of hydrogen-bond donors (Lipinski definition) is 1. The molecule has 1 atom stereocenters. The number of carbonyl (C=O) groups is 1. The molecule has 4 heteroatoms. The van der Waals surface area contributed by atoms with E-state index in [0.29, 0.717) is 17.7 Å². The average Bonchev–Trinajstić information content (AvgIpc) is 2.55. The smallest absolute Gasteiger partial charge is 0.254 e. The average molecular weight is 250 g/mol. The van der Waals surface area contributed by atoms with E-state index in [1.165, 1.54) is 12.1 Å². The van der Waals surface area contributed by atoms with E-state index >= 15 is 0 Å². The molecule has 1 aliphatic heterocycles. The second-order valence-electron chi connectivity index (χ2n) is 5.66. The van der Waals surface area contributed by atoms with Gasteiger partial charge in [0.25, 0.3) is 5.91 Å². The maximum Gasteiger partial charge on any atom is 0.254 e.